The lowest BCUT2D eigenvalue weighted by Crippen LogP contribution is -2.30. The summed E-state index contributed by atoms with van der Waals surface area (Å²) >= 11 is 0. The Kier molecular flexibility index (Phi) is 23.3. The lowest BCUT2D eigenvalue weighted by Gasteiger charge is -2.17. The van der Waals surface area contributed by atoms with Crippen molar-refractivity contribution in [2.24, 2.45) is 28.1 Å². The molecule has 0 aliphatic rings. The van der Waals surface area contributed by atoms with Gasteiger partial charge in [0.1, 0.15) is 6.04 Å². The molecule has 198 valence electrons. The zero-order valence-corrected chi connectivity index (χ0v) is 21.6. The van der Waals surface area contributed by atoms with Crippen molar-refractivity contribution >= 4 is 19.8 Å². The van der Waals surface area contributed by atoms with Crippen molar-refractivity contribution in [3.05, 3.63) is 0 Å². The fraction of sp³-hybridized carbons (Fsp3) is 0.909. The molecule has 2 atom stereocenters. The summed E-state index contributed by atoms with van der Waals surface area (Å²) in [6.45, 7) is 5.02. The molecule has 0 aliphatic carbocycles. The van der Waals surface area contributed by atoms with Crippen LogP contribution >= 0.6 is 7.82 Å². The lowest BCUT2D eigenvalue weighted by molar-refractivity contribution is -0.138. The van der Waals surface area contributed by atoms with E-state index in [9.17, 15) is 9.36 Å². The molecule has 0 heterocycles. The van der Waals surface area contributed by atoms with E-state index in [4.69, 9.17) is 36.6 Å². The topological polar surface area (TPSA) is 194 Å². The number of nitrogens with two attached hydrogens (primary N) is 3. The van der Waals surface area contributed by atoms with Gasteiger partial charge in [0.2, 0.25) is 0 Å². The highest BCUT2D eigenvalue weighted by Crippen LogP contribution is 2.37. The summed E-state index contributed by atoms with van der Waals surface area (Å²) in [5.41, 5.74) is 15.3. The number of phosphoric acid groups is 1. The number of guanidine groups is 1. The van der Waals surface area contributed by atoms with Crippen molar-refractivity contribution < 1.29 is 28.8 Å². The maximum absolute atomic E-state index is 10.8. The first-order chi connectivity index (χ1) is 15.5. The van der Waals surface area contributed by atoms with Crippen molar-refractivity contribution in [3.8, 4) is 0 Å². The Morgan fingerprint density at radius 2 is 1.36 bits per heavy atom. The van der Waals surface area contributed by atoms with Gasteiger partial charge in [-0.2, -0.15) is 0 Å². The molecule has 0 saturated carbocycles. The minimum Gasteiger partial charge on any atom is -0.480 e. The van der Waals surface area contributed by atoms with Crippen molar-refractivity contribution in [1.82, 2.24) is 0 Å². The van der Waals surface area contributed by atoms with Gasteiger partial charge in [-0.3, -0.25) is 14.3 Å². The Balaban J connectivity index is 0. The molecule has 0 aromatic carbocycles. The van der Waals surface area contributed by atoms with E-state index < -0.39 is 19.8 Å². The Morgan fingerprint density at radius 3 is 1.82 bits per heavy atom. The number of carboxylic acid groups (broad SMARTS) is 1. The average molecular weight is 497 g/mol. The van der Waals surface area contributed by atoms with Gasteiger partial charge in [0.05, 0.1) is 6.61 Å². The van der Waals surface area contributed by atoms with Crippen molar-refractivity contribution in [2.75, 3.05) is 13.2 Å². The molecule has 0 bridgehead atoms. The highest BCUT2D eigenvalue weighted by atomic mass is 31.2. The molecular weight excluding hydrogens is 447 g/mol. The van der Waals surface area contributed by atoms with E-state index >= 15 is 0 Å². The van der Waals surface area contributed by atoms with Crippen LogP contribution in [0.25, 0.3) is 0 Å². The number of nitrogens with zero attached hydrogens (tertiary/aromatic N) is 1. The Bertz CT molecular complexity index is 541. The van der Waals surface area contributed by atoms with Crippen LogP contribution in [0.15, 0.2) is 4.99 Å². The van der Waals surface area contributed by atoms with E-state index in [1.54, 1.807) is 0 Å². The third-order valence-electron chi connectivity index (χ3n) is 5.20. The third-order valence-corrected chi connectivity index (χ3v) is 5.68. The van der Waals surface area contributed by atoms with Crippen LogP contribution in [0.1, 0.15) is 104 Å². The number of carboxylic acids is 1. The van der Waals surface area contributed by atoms with Gasteiger partial charge < -0.3 is 32.1 Å². The van der Waals surface area contributed by atoms with E-state index in [1.165, 1.54) is 51.4 Å². The Labute approximate surface area is 200 Å². The number of rotatable bonds is 20. The van der Waals surface area contributed by atoms with Crippen LogP contribution in [0.3, 0.4) is 0 Å². The third kappa shape index (κ3) is 28.8. The molecule has 0 aromatic rings. The Hall–Kier alpha value is -1.19. The summed E-state index contributed by atoms with van der Waals surface area (Å²) < 4.78 is 15.5. The second-order valence-electron chi connectivity index (χ2n) is 8.45. The molecule has 0 radical (unpaired) electrons. The monoisotopic (exact) mass is 496 g/mol. The SMILES string of the molecule is CCCCCCCCC(CCCCCC)COP(=O)(O)O.NC(N)=NCCCC(N)C(=O)O. The van der Waals surface area contributed by atoms with Gasteiger partial charge in [-0.15, -0.1) is 0 Å². The molecule has 0 aromatic heterocycles. The summed E-state index contributed by atoms with van der Waals surface area (Å²) in [5, 5.41) is 8.38. The van der Waals surface area contributed by atoms with Crippen molar-refractivity contribution in [3.63, 3.8) is 0 Å². The number of unbranched alkanes of at least 4 members (excludes halogenated alkanes) is 8. The molecule has 9 N–H and O–H groups in total. The first kappa shape index (κ1) is 34.0. The second kappa shape index (κ2) is 22.6. The number of phosphoric ester groups is 1. The molecule has 2 unspecified atom stereocenters. The number of aliphatic imine (C=N–C) groups is 1. The predicted octanol–water partition coefficient (Wildman–Crippen LogP) is 3.88. The van der Waals surface area contributed by atoms with Crippen LogP contribution in [0.2, 0.25) is 0 Å². The van der Waals surface area contributed by atoms with Crippen LogP contribution in [0.4, 0.5) is 0 Å². The van der Waals surface area contributed by atoms with Crippen molar-refractivity contribution in [1.29, 1.82) is 0 Å². The highest BCUT2D eigenvalue weighted by Gasteiger charge is 2.18. The van der Waals surface area contributed by atoms with Crippen LogP contribution in [-0.4, -0.2) is 46.0 Å². The summed E-state index contributed by atoms with van der Waals surface area (Å²) in [6.07, 6.45) is 15.3. The molecule has 11 heteroatoms. The fourth-order valence-electron chi connectivity index (χ4n) is 3.23. The minimum absolute atomic E-state index is 0.0129. The number of hydrogen-bond donors (Lipinski definition) is 6. The smallest absolute Gasteiger partial charge is 0.469 e. The van der Waals surface area contributed by atoms with Gasteiger partial charge in [-0.25, -0.2) is 4.57 Å². The first-order valence-corrected chi connectivity index (χ1v) is 13.8. The molecular formula is C22H49N4O6P. The average Bonchev–Trinajstić information content (AvgIpc) is 2.73. The van der Waals surface area contributed by atoms with E-state index in [1.807, 2.05) is 0 Å². The standard InChI is InChI=1S/C16H35O4P.C6H14N4O2/c1-3-5-7-9-10-12-14-16(13-11-8-6-4-2)15-20-21(17,18)19;7-4(5(11)12)2-1-3-10-6(8)9/h16H,3-15H2,1-2H3,(H2,17,18,19);4H,1-3,7H2,(H,11,12)(H4,8,9,10). The maximum Gasteiger partial charge on any atom is 0.469 e. The molecule has 0 aliphatic heterocycles. The zero-order valence-electron chi connectivity index (χ0n) is 20.7. The molecule has 0 spiro atoms. The second-order valence-corrected chi connectivity index (χ2v) is 9.69. The summed E-state index contributed by atoms with van der Waals surface area (Å²) in [7, 11) is -4.32. The van der Waals surface area contributed by atoms with Gasteiger partial charge in [-0.05, 0) is 31.6 Å². The van der Waals surface area contributed by atoms with Gasteiger partial charge in [0.25, 0.3) is 0 Å². The van der Waals surface area contributed by atoms with Gasteiger partial charge >= 0.3 is 13.8 Å². The zero-order chi connectivity index (χ0) is 25.5. The quantitative estimate of drug-likeness (QED) is 0.0627. The van der Waals surface area contributed by atoms with E-state index in [0.29, 0.717) is 25.3 Å². The normalized spacial score (nSPS) is 13.0. The summed E-state index contributed by atoms with van der Waals surface area (Å²) in [4.78, 5) is 31.6. The Morgan fingerprint density at radius 1 is 0.879 bits per heavy atom. The minimum atomic E-state index is -4.32. The molecule has 0 saturated heterocycles. The molecule has 0 fully saturated rings. The van der Waals surface area contributed by atoms with Gasteiger partial charge in [0, 0.05) is 6.54 Å². The first-order valence-electron chi connectivity index (χ1n) is 12.3. The predicted molar refractivity (Wildman–Crippen MR) is 134 cm³/mol. The van der Waals surface area contributed by atoms with Crippen LogP contribution in [0, 0.1) is 5.92 Å². The highest BCUT2D eigenvalue weighted by molar-refractivity contribution is 7.46. The van der Waals surface area contributed by atoms with Crippen LogP contribution in [0.5, 0.6) is 0 Å². The number of aliphatic carboxylic acids is 1. The number of hydrogen-bond acceptors (Lipinski definition) is 5. The summed E-state index contributed by atoms with van der Waals surface area (Å²) in [6, 6.07) is -0.820. The lowest BCUT2D eigenvalue weighted by atomic mass is 9.95. The van der Waals surface area contributed by atoms with Crippen LogP contribution < -0.4 is 17.2 Å². The van der Waals surface area contributed by atoms with Gasteiger partial charge in [-0.1, -0.05) is 78.1 Å². The van der Waals surface area contributed by atoms with Crippen LogP contribution in [-0.2, 0) is 13.9 Å². The van der Waals surface area contributed by atoms with Gasteiger partial charge in [0.15, 0.2) is 5.96 Å². The molecule has 0 amide bonds. The van der Waals surface area contributed by atoms with E-state index in [2.05, 4.69) is 18.8 Å². The number of carbonyl (C=O) groups is 1. The molecule has 0 rings (SSSR count). The molecule has 33 heavy (non-hydrogen) atoms. The largest absolute Gasteiger partial charge is 0.480 e. The van der Waals surface area contributed by atoms with E-state index in [0.717, 1.165) is 25.7 Å². The van der Waals surface area contributed by atoms with Crippen molar-refractivity contribution in [2.45, 2.75) is 110 Å². The maximum atomic E-state index is 10.8. The fourth-order valence-corrected chi connectivity index (χ4v) is 3.63. The molecule has 10 nitrogen and oxygen atoms in total. The summed E-state index contributed by atoms with van der Waals surface area (Å²) in [5.74, 6) is -0.695. The van der Waals surface area contributed by atoms with E-state index in [-0.39, 0.29) is 12.6 Å².